The minimum absolute atomic E-state index is 1.14. The Morgan fingerprint density at radius 1 is 0.613 bits per heavy atom. The second-order valence-corrected chi connectivity index (χ2v) is 7.87. The lowest BCUT2D eigenvalue weighted by Crippen LogP contribution is -2.30. The lowest BCUT2D eigenvalue weighted by Gasteiger charge is -2.26. The lowest BCUT2D eigenvalue weighted by atomic mass is 9.98. The molecule has 0 saturated carbocycles. The molecule has 0 atom stereocenters. The van der Waals surface area contributed by atoms with E-state index in [-0.39, 0.29) is 0 Å². The average molecular weight is 402 g/mol. The van der Waals surface area contributed by atoms with Crippen molar-refractivity contribution in [3.63, 3.8) is 0 Å². The average Bonchev–Trinajstić information content (AvgIpc) is 2.82. The minimum atomic E-state index is 1.14. The summed E-state index contributed by atoms with van der Waals surface area (Å²) in [6, 6.07) is 38.6. The van der Waals surface area contributed by atoms with Crippen LogP contribution < -0.4 is 9.47 Å². The Kier molecular flexibility index (Phi) is 4.97. The van der Waals surface area contributed by atoms with Gasteiger partial charge in [-0.1, -0.05) is 60.7 Å². The molecule has 0 amide bonds. The van der Waals surface area contributed by atoms with Gasteiger partial charge in [0.2, 0.25) is 5.69 Å². The van der Waals surface area contributed by atoms with Crippen LogP contribution in [0.25, 0.3) is 22.0 Å². The Labute approximate surface area is 183 Å². The molecule has 5 aromatic rings. The Hall–Kier alpha value is -3.91. The van der Waals surface area contributed by atoms with Crippen LogP contribution in [0.15, 0.2) is 115 Å². The highest BCUT2D eigenvalue weighted by Crippen LogP contribution is 2.37. The van der Waals surface area contributed by atoms with E-state index in [0.717, 1.165) is 17.1 Å². The maximum Gasteiger partial charge on any atom is 0.220 e. The summed E-state index contributed by atoms with van der Waals surface area (Å²) < 4.78 is 2.23. The summed E-state index contributed by atoms with van der Waals surface area (Å²) in [7, 11) is 2.13. The summed E-state index contributed by atoms with van der Waals surface area (Å²) in [5.74, 6) is 0. The number of nitrogens with zero attached hydrogens (tertiary/aromatic N) is 2. The van der Waals surface area contributed by atoms with E-state index in [1.807, 2.05) is 0 Å². The summed E-state index contributed by atoms with van der Waals surface area (Å²) >= 11 is 0. The molecule has 0 aliphatic heterocycles. The fourth-order valence-electron chi connectivity index (χ4n) is 4.26. The summed E-state index contributed by atoms with van der Waals surface area (Å²) in [4.78, 5) is 2.31. The van der Waals surface area contributed by atoms with Gasteiger partial charge >= 0.3 is 0 Å². The zero-order valence-corrected chi connectivity index (χ0v) is 17.9. The zero-order chi connectivity index (χ0) is 21.2. The van der Waals surface area contributed by atoms with Crippen molar-refractivity contribution < 1.29 is 4.57 Å². The number of hydrogen-bond acceptors (Lipinski definition) is 1. The van der Waals surface area contributed by atoms with Crippen molar-refractivity contribution in [3.8, 4) is 11.3 Å². The third kappa shape index (κ3) is 3.57. The first-order valence-electron chi connectivity index (χ1n) is 10.6. The third-order valence-electron chi connectivity index (χ3n) is 5.81. The summed E-state index contributed by atoms with van der Waals surface area (Å²) in [6.45, 7) is 2.19. The van der Waals surface area contributed by atoms with E-state index in [2.05, 4.69) is 139 Å². The number of benzene rings is 4. The SMILES string of the molecule is Cc1ccc(N(c2ccccc2)c2ccccc2)cc1-c1c2ccccc2cc[n+]1C. The molecule has 0 fully saturated rings. The number of rotatable bonds is 4. The van der Waals surface area contributed by atoms with Gasteiger partial charge in [0, 0.05) is 23.1 Å². The van der Waals surface area contributed by atoms with Gasteiger partial charge in [-0.3, -0.25) is 0 Å². The van der Waals surface area contributed by atoms with Gasteiger partial charge in [0.25, 0.3) is 0 Å². The van der Waals surface area contributed by atoms with Gasteiger partial charge in [-0.25, -0.2) is 4.57 Å². The number of aromatic nitrogens is 1. The van der Waals surface area contributed by atoms with Crippen LogP contribution in [0.4, 0.5) is 17.1 Å². The molecule has 0 aliphatic rings. The van der Waals surface area contributed by atoms with E-state index in [1.165, 1.54) is 27.6 Å². The van der Waals surface area contributed by atoms with Crippen LogP contribution in [0.5, 0.6) is 0 Å². The fourth-order valence-corrected chi connectivity index (χ4v) is 4.26. The molecule has 1 aromatic heterocycles. The highest BCUT2D eigenvalue weighted by molar-refractivity contribution is 5.94. The van der Waals surface area contributed by atoms with E-state index in [9.17, 15) is 0 Å². The first-order chi connectivity index (χ1) is 15.2. The molecule has 31 heavy (non-hydrogen) atoms. The van der Waals surface area contributed by atoms with E-state index in [0.29, 0.717) is 0 Å². The van der Waals surface area contributed by atoms with Crippen molar-refractivity contribution in [1.82, 2.24) is 0 Å². The molecular formula is C29H25N2+. The van der Waals surface area contributed by atoms with Crippen LogP contribution in [-0.4, -0.2) is 0 Å². The van der Waals surface area contributed by atoms with E-state index in [1.54, 1.807) is 0 Å². The van der Waals surface area contributed by atoms with Crippen molar-refractivity contribution in [2.24, 2.45) is 7.05 Å². The number of hydrogen-bond donors (Lipinski definition) is 0. The molecule has 0 saturated heterocycles. The molecule has 2 nitrogen and oxygen atoms in total. The Morgan fingerprint density at radius 3 is 1.90 bits per heavy atom. The van der Waals surface area contributed by atoms with Crippen LogP contribution in [0, 0.1) is 6.92 Å². The normalized spacial score (nSPS) is 10.9. The number of aryl methyl sites for hydroxylation is 2. The smallest absolute Gasteiger partial charge is 0.220 e. The first-order valence-corrected chi connectivity index (χ1v) is 10.6. The largest absolute Gasteiger partial charge is 0.310 e. The molecule has 0 radical (unpaired) electrons. The Bertz CT molecular complexity index is 1300. The van der Waals surface area contributed by atoms with Crippen molar-refractivity contribution in [3.05, 3.63) is 121 Å². The van der Waals surface area contributed by atoms with Crippen molar-refractivity contribution in [1.29, 1.82) is 0 Å². The van der Waals surface area contributed by atoms with Crippen molar-refractivity contribution >= 4 is 27.8 Å². The van der Waals surface area contributed by atoms with Gasteiger partial charge in [0.1, 0.15) is 7.05 Å². The molecule has 150 valence electrons. The predicted molar refractivity (Wildman–Crippen MR) is 130 cm³/mol. The maximum absolute atomic E-state index is 2.32. The summed E-state index contributed by atoms with van der Waals surface area (Å²) in [5, 5.41) is 2.52. The van der Waals surface area contributed by atoms with Gasteiger partial charge in [-0.2, -0.15) is 0 Å². The molecule has 2 heteroatoms. The highest BCUT2D eigenvalue weighted by Gasteiger charge is 2.20. The van der Waals surface area contributed by atoms with Crippen molar-refractivity contribution in [2.75, 3.05) is 4.90 Å². The zero-order valence-electron chi connectivity index (χ0n) is 17.9. The number of anilines is 3. The molecule has 5 rings (SSSR count). The molecule has 0 aliphatic carbocycles. The second-order valence-electron chi connectivity index (χ2n) is 7.87. The number of para-hydroxylation sites is 2. The predicted octanol–water partition coefficient (Wildman–Crippen LogP) is 7.11. The molecule has 1 heterocycles. The van der Waals surface area contributed by atoms with Gasteiger partial charge in [-0.05, 0) is 60.3 Å². The Balaban J connectivity index is 1.74. The molecule has 0 N–H and O–H groups in total. The standard InChI is InChI=1S/C29H25N2/c1-22-17-18-26(31(24-12-5-3-6-13-24)25-14-7-4-8-15-25)21-28(22)29-27-16-10-9-11-23(27)19-20-30(29)2/h3-21H,1-2H3/q+1. The fraction of sp³-hybridized carbons (Fsp3) is 0.0690. The topological polar surface area (TPSA) is 7.12 Å². The van der Waals surface area contributed by atoms with Gasteiger partial charge in [0.15, 0.2) is 6.20 Å². The summed E-state index contributed by atoms with van der Waals surface area (Å²) in [6.07, 6.45) is 2.15. The van der Waals surface area contributed by atoms with Crippen molar-refractivity contribution in [2.45, 2.75) is 6.92 Å². The quantitative estimate of drug-likeness (QED) is 0.291. The molecule has 0 unspecified atom stereocenters. The summed E-state index contributed by atoms with van der Waals surface area (Å²) in [5.41, 5.74) is 7.17. The number of pyridine rings is 1. The minimum Gasteiger partial charge on any atom is -0.310 e. The molecule has 0 spiro atoms. The van der Waals surface area contributed by atoms with Crippen LogP contribution in [-0.2, 0) is 7.05 Å². The second kappa shape index (κ2) is 8.08. The van der Waals surface area contributed by atoms with Crippen LogP contribution in [0.2, 0.25) is 0 Å². The van der Waals surface area contributed by atoms with E-state index in [4.69, 9.17) is 0 Å². The van der Waals surface area contributed by atoms with Gasteiger partial charge in [0.05, 0.1) is 10.9 Å². The highest BCUT2D eigenvalue weighted by atomic mass is 15.1. The molecular weight excluding hydrogens is 376 g/mol. The van der Waals surface area contributed by atoms with E-state index < -0.39 is 0 Å². The lowest BCUT2D eigenvalue weighted by molar-refractivity contribution is -0.659. The van der Waals surface area contributed by atoms with Gasteiger partial charge < -0.3 is 4.90 Å². The van der Waals surface area contributed by atoms with Crippen LogP contribution in [0.3, 0.4) is 0 Å². The van der Waals surface area contributed by atoms with Crippen LogP contribution in [0.1, 0.15) is 5.56 Å². The molecule has 0 bridgehead atoms. The monoisotopic (exact) mass is 401 g/mol. The van der Waals surface area contributed by atoms with E-state index >= 15 is 0 Å². The first kappa shape index (κ1) is 19.1. The Morgan fingerprint density at radius 2 is 1.23 bits per heavy atom. The number of fused-ring (bicyclic) bond motifs is 1. The van der Waals surface area contributed by atoms with Crippen LogP contribution >= 0.6 is 0 Å². The maximum atomic E-state index is 2.32. The third-order valence-corrected chi connectivity index (χ3v) is 5.81. The van der Waals surface area contributed by atoms with Gasteiger partial charge in [-0.15, -0.1) is 0 Å². The molecule has 4 aromatic carbocycles.